The molecule has 13 heteroatoms. The summed E-state index contributed by atoms with van der Waals surface area (Å²) in [4.78, 5) is 68.3. The van der Waals surface area contributed by atoms with Crippen molar-refractivity contribution in [1.29, 1.82) is 0 Å². The molecule has 2 aliphatic heterocycles. The number of methoxy groups -OCH3 is 1. The first-order chi connectivity index (χ1) is 22.7. The summed E-state index contributed by atoms with van der Waals surface area (Å²) in [7, 11) is 1.52. The van der Waals surface area contributed by atoms with Crippen LogP contribution in [-0.4, -0.2) is 64.2 Å². The minimum absolute atomic E-state index is 0.0368. The summed E-state index contributed by atoms with van der Waals surface area (Å²) < 4.78 is 11.6. The van der Waals surface area contributed by atoms with Crippen molar-refractivity contribution in [1.82, 2.24) is 9.88 Å². The van der Waals surface area contributed by atoms with Crippen molar-refractivity contribution in [2.75, 3.05) is 25.6 Å². The lowest BCUT2D eigenvalue weighted by atomic mass is 9.68. The van der Waals surface area contributed by atoms with Crippen LogP contribution in [0.3, 0.4) is 0 Å². The minimum atomic E-state index is -1.22. The average Bonchev–Trinajstić information content (AvgIpc) is 3.80. The molecule has 8 rings (SSSR count). The standard InChI is InChI=1S/C34H29N3O8S2/c1-44-22-11-16(9-10-21(22)45-14-23(38)35-20-8-4-6-15-5-2-3-7-17(15)20)25-26-18-12-19(29(26)46-31-30(25)47-34(43)36-31)28-27(18)32(41)37(33(28)42)13-24(39)40/h2-11,18-19,25-29H,12-14H2,1H3,(H,35,38)(H,36,43)(H,39,40)/t18?,19?,25-,26?,27?,28?,29?/m1/s1. The van der Waals surface area contributed by atoms with E-state index in [0.29, 0.717) is 23.6 Å². The second-order valence-electron chi connectivity index (χ2n) is 12.4. The average molecular weight is 672 g/mol. The first-order valence-electron chi connectivity index (χ1n) is 15.3. The van der Waals surface area contributed by atoms with E-state index in [1.165, 1.54) is 7.11 Å². The lowest BCUT2D eigenvalue weighted by molar-refractivity contribution is -0.149. The van der Waals surface area contributed by atoms with Gasteiger partial charge in [-0.3, -0.25) is 28.9 Å². The van der Waals surface area contributed by atoms with Crippen LogP contribution in [0, 0.1) is 29.6 Å². The number of anilines is 1. The van der Waals surface area contributed by atoms with Gasteiger partial charge in [-0.1, -0.05) is 53.8 Å². The van der Waals surface area contributed by atoms with E-state index in [1.54, 1.807) is 17.8 Å². The monoisotopic (exact) mass is 671 g/mol. The molecule has 7 atom stereocenters. The van der Waals surface area contributed by atoms with Gasteiger partial charge in [0.2, 0.25) is 11.8 Å². The van der Waals surface area contributed by atoms with Crippen LogP contribution in [0.5, 0.6) is 11.5 Å². The van der Waals surface area contributed by atoms with Gasteiger partial charge in [0.05, 0.1) is 24.0 Å². The van der Waals surface area contributed by atoms with Gasteiger partial charge in [0, 0.05) is 27.1 Å². The highest BCUT2D eigenvalue weighted by molar-refractivity contribution is 8.00. The molecule has 0 spiro atoms. The number of carboxylic acids is 1. The molecule has 3 fully saturated rings. The number of carbonyl (C=O) groups excluding carboxylic acids is 3. The molecule has 1 saturated heterocycles. The lowest BCUT2D eigenvalue weighted by Crippen LogP contribution is -2.42. The van der Waals surface area contributed by atoms with E-state index in [0.717, 1.165) is 42.5 Å². The van der Waals surface area contributed by atoms with Crippen molar-refractivity contribution < 1.29 is 33.8 Å². The molecule has 47 heavy (non-hydrogen) atoms. The van der Waals surface area contributed by atoms with Crippen LogP contribution in [0.1, 0.15) is 22.8 Å². The molecule has 2 aliphatic carbocycles. The van der Waals surface area contributed by atoms with Crippen molar-refractivity contribution in [2.24, 2.45) is 29.6 Å². The fourth-order valence-electron chi connectivity index (χ4n) is 8.40. The molecule has 6 unspecified atom stereocenters. The van der Waals surface area contributed by atoms with Gasteiger partial charge in [-0.2, -0.15) is 0 Å². The number of fused-ring (bicyclic) bond motifs is 10. The van der Waals surface area contributed by atoms with Crippen LogP contribution in [0.15, 0.2) is 70.5 Å². The number of ether oxygens (including phenoxy) is 2. The summed E-state index contributed by atoms with van der Waals surface area (Å²) in [5.74, 6) is -3.25. The molecular formula is C34H29N3O8S2. The maximum absolute atomic E-state index is 13.5. The Morgan fingerprint density at radius 3 is 2.55 bits per heavy atom. The summed E-state index contributed by atoms with van der Waals surface area (Å²) in [5.41, 5.74) is 1.55. The number of aromatic amines is 1. The summed E-state index contributed by atoms with van der Waals surface area (Å²) in [6.07, 6.45) is 0.690. The molecule has 3 aromatic carbocycles. The maximum Gasteiger partial charge on any atom is 0.323 e. The predicted molar refractivity (Wildman–Crippen MR) is 174 cm³/mol. The Bertz CT molecular complexity index is 2040. The third-order valence-electron chi connectivity index (χ3n) is 10.1. The number of nitrogens with one attached hydrogen (secondary N) is 2. The summed E-state index contributed by atoms with van der Waals surface area (Å²) in [6.45, 7) is -0.877. The van der Waals surface area contributed by atoms with E-state index < -0.39 is 36.2 Å². The Balaban J connectivity index is 1.07. The molecule has 1 aromatic heterocycles. The van der Waals surface area contributed by atoms with Crippen LogP contribution in [0.4, 0.5) is 5.69 Å². The lowest BCUT2D eigenvalue weighted by Gasteiger charge is -2.43. The quantitative estimate of drug-likeness (QED) is 0.234. The Morgan fingerprint density at radius 2 is 1.77 bits per heavy atom. The Labute approximate surface area is 276 Å². The number of benzene rings is 3. The minimum Gasteiger partial charge on any atom is -0.493 e. The number of hydrogen-bond acceptors (Lipinski definition) is 9. The number of hydrogen-bond donors (Lipinski definition) is 3. The molecule has 240 valence electrons. The van der Waals surface area contributed by atoms with E-state index in [-0.39, 0.29) is 46.3 Å². The number of amides is 3. The Morgan fingerprint density at radius 1 is 1.00 bits per heavy atom. The molecule has 11 nitrogen and oxygen atoms in total. The van der Waals surface area contributed by atoms with E-state index in [4.69, 9.17) is 9.47 Å². The zero-order chi connectivity index (χ0) is 32.6. The molecule has 4 aliphatic rings. The number of carbonyl (C=O) groups is 4. The van der Waals surface area contributed by atoms with Gasteiger partial charge in [0.1, 0.15) is 6.54 Å². The molecule has 2 saturated carbocycles. The predicted octanol–water partition coefficient (Wildman–Crippen LogP) is 4.17. The van der Waals surface area contributed by atoms with Crippen molar-refractivity contribution in [3.8, 4) is 11.5 Å². The topological polar surface area (TPSA) is 155 Å². The van der Waals surface area contributed by atoms with Gasteiger partial charge in [-0.15, -0.1) is 11.8 Å². The summed E-state index contributed by atoms with van der Waals surface area (Å²) in [5, 5.41) is 14.9. The van der Waals surface area contributed by atoms with Crippen LogP contribution in [0.2, 0.25) is 0 Å². The van der Waals surface area contributed by atoms with E-state index in [2.05, 4.69) is 10.3 Å². The van der Waals surface area contributed by atoms with Crippen molar-refractivity contribution in [3.05, 3.63) is 80.8 Å². The summed E-state index contributed by atoms with van der Waals surface area (Å²) >= 11 is 2.70. The molecule has 3 N–H and O–H groups in total. The van der Waals surface area contributed by atoms with Gasteiger partial charge >= 0.3 is 10.8 Å². The third kappa shape index (κ3) is 4.74. The molecule has 0 radical (unpaired) electrons. The number of carboxylic acid groups (broad SMARTS) is 1. The highest BCUT2D eigenvalue weighted by Crippen LogP contribution is 2.68. The normalized spacial score (nSPS) is 27.0. The van der Waals surface area contributed by atoms with E-state index in [1.807, 2.05) is 54.6 Å². The fourth-order valence-corrected chi connectivity index (χ4v) is 11.3. The number of aromatic nitrogens is 1. The molecule has 3 amide bonds. The van der Waals surface area contributed by atoms with Gasteiger partial charge in [-0.05, 0) is 53.3 Å². The van der Waals surface area contributed by atoms with E-state index in [9.17, 15) is 29.1 Å². The zero-order valence-electron chi connectivity index (χ0n) is 25.0. The van der Waals surface area contributed by atoms with Crippen LogP contribution in [-0.2, 0) is 19.2 Å². The summed E-state index contributed by atoms with van der Waals surface area (Å²) in [6, 6.07) is 19.0. The Hall–Kier alpha value is -4.62. The van der Waals surface area contributed by atoms with Crippen molar-refractivity contribution in [3.63, 3.8) is 0 Å². The van der Waals surface area contributed by atoms with Crippen LogP contribution >= 0.6 is 23.1 Å². The first kappa shape index (κ1) is 29.8. The number of imide groups is 1. The highest BCUT2D eigenvalue weighted by Gasteiger charge is 2.69. The molecule has 4 aromatic rings. The smallest absolute Gasteiger partial charge is 0.323 e. The van der Waals surface area contributed by atoms with Gasteiger partial charge < -0.3 is 24.9 Å². The van der Waals surface area contributed by atoms with Gasteiger partial charge in [-0.25, -0.2) is 0 Å². The largest absolute Gasteiger partial charge is 0.493 e. The molecule has 3 heterocycles. The number of H-pyrrole nitrogens is 1. The Kier molecular flexibility index (Phi) is 7.14. The fraction of sp³-hybridized carbons (Fsp3) is 0.324. The number of rotatable bonds is 8. The van der Waals surface area contributed by atoms with Crippen LogP contribution < -0.4 is 19.7 Å². The van der Waals surface area contributed by atoms with E-state index >= 15 is 0 Å². The van der Waals surface area contributed by atoms with Crippen molar-refractivity contribution in [2.45, 2.75) is 22.6 Å². The zero-order valence-corrected chi connectivity index (χ0v) is 26.6. The SMILES string of the molecule is COc1cc([C@H]2c3sc(=O)[nH]c3SC3C4CC(C5C(=O)N(CC(=O)O)C(=O)C45)C32)ccc1OCC(=O)Nc1cccc2ccccc12. The second kappa shape index (κ2) is 11.3. The number of aliphatic carboxylic acids is 1. The molecule has 2 bridgehead atoms. The van der Waals surface area contributed by atoms with Gasteiger partial charge in [0.25, 0.3) is 5.91 Å². The number of thioether (sulfide) groups is 1. The van der Waals surface area contributed by atoms with Crippen molar-refractivity contribution >= 4 is 63.2 Å². The third-order valence-corrected chi connectivity index (χ3v) is 12.7. The first-order valence-corrected chi connectivity index (χ1v) is 17.0. The maximum atomic E-state index is 13.5. The second-order valence-corrected chi connectivity index (χ2v) is 14.6. The van der Waals surface area contributed by atoms with Crippen LogP contribution in [0.25, 0.3) is 10.8 Å². The highest BCUT2D eigenvalue weighted by atomic mass is 32.2. The molecular weight excluding hydrogens is 643 g/mol. The van der Waals surface area contributed by atoms with Gasteiger partial charge in [0.15, 0.2) is 18.1 Å². The number of thiazole rings is 1. The number of nitrogens with zero attached hydrogens (tertiary/aromatic N) is 1. The number of likely N-dealkylation sites (tertiary alicyclic amines) is 1.